The minimum Gasteiger partial charge on any atom is -0.454 e. The second kappa shape index (κ2) is 5.32. The molecule has 0 aromatic heterocycles. The van der Waals surface area contributed by atoms with Crippen molar-refractivity contribution in [2.45, 2.75) is 19.4 Å². The molecule has 0 saturated carbocycles. The highest BCUT2D eigenvalue weighted by atomic mass is 16.7. The van der Waals surface area contributed by atoms with Crippen LogP contribution in [0.2, 0.25) is 0 Å². The highest BCUT2D eigenvalue weighted by Gasteiger charge is 2.16. The van der Waals surface area contributed by atoms with Crippen molar-refractivity contribution in [3.63, 3.8) is 0 Å². The zero-order valence-electron chi connectivity index (χ0n) is 11.1. The summed E-state index contributed by atoms with van der Waals surface area (Å²) in [5, 5.41) is 2.82. The number of rotatable bonds is 4. The molecule has 1 aliphatic rings. The Bertz CT molecular complexity index is 509. The Labute approximate surface area is 112 Å². The van der Waals surface area contributed by atoms with Crippen LogP contribution >= 0.6 is 0 Å². The summed E-state index contributed by atoms with van der Waals surface area (Å²) in [7, 11) is 0. The van der Waals surface area contributed by atoms with Crippen LogP contribution < -0.4 is 20.5 Å². The van der Waals surface area contributed by atoms with Gasteiger partial charge in [-0.05, 0) is 37.6 Å². The van der Waals surface area contributed by atoms with E-state index in [0.717, 1.165) is 11.3 Å². The van der Waals surface area contributed by atoms with Gasteiger partial charge in [-0.3, -0.25) is 4.79 Å². The molecule has 0 radical (unpaired) electrons. The van der Waals surface area contributed by atoms with Gasteiger partial charge in [0.05, 0.1) is 0 Å². The van der Waals surface area contributed by atoms with Crippen LogP contribution in [0.1, 0.15) is 19.4 Å². The zero-order valence-corrected chi connectivity index (χ0v) is 11.1. The first-order valence-electron chi connectivity index (χ1n) is 6.10. The standard InChI is InChI=1S/C14H18N2O3/c1-14(2,8-15)16-13(17)6-4-10-3-5-11-12(7-10)19-9-18-11/h3-7H,8-9,15H2,1-2H3,(H,16,17)/b6-4+. The van der Waals surface area contributed by atoms with Gasteiger partial charge in [-0.25, -0.2) is 0 Å². The molecule has 1 amide bonds. The van der Waals surface area contributed by atoms with Gasteiger partial charge in [-0.2, -0.15) is 0 Å². The van der Waals surface area contributed by atoms with Crippen LogP contribution in [-0.4, -0.2) is 24.8 Å². The highest BCUT2D eigenvalue weighted by molar-refractivity contribution is 5.92. The van der Waals surface area contributed by atoms with Crippen LogP contribution in [0.15, 0.2) is 24.3 Å². The SMILES string of the molecule is CC(C)(CN)NC(=O)/C=C/c1ccc2c(c1)OCO2. The molecule has 0 bridgehead atoms. The van der Waals surface area contributed by atoms with Crippen molar-refractivity contribution in [1.29, 1.82) is 0 Å². The smallest absolute Gasteiger partial charge is 0.244 e. The Morgan fingerprint density at radius 3 is 2.89 bits per heavy atom. The number of benzene rings is 1. The lowest BCUT2D eigenvalue weighted by molar-refractivity contribution is -0.117. The fraction of sp³-hybridized carbons (Fsp3) is 0.357. The summed E-state index contributed by atoms with van der Waals surface area (Å²) in [6.45, 7) is 4.38. The average Bonchev–Trinajstić information content (AvgIpc) is 2.83. The first kappa shape index (κ1) is 13.4. The van der Waals surface area contributed by atoms with Crippen molar-refractivity contribution in [3.8, 4) is 11.5 Å². The predicted octanol–water partition coefficient (Wildman–Crippen LogP) is 1.28. The van der Waals surface area contributed by atoms with E-state index in [-0.39, 0.29) is 12.7 Å². The van der Waals surface area contributed by atoms with Crippen LogP contribution in [0.4, 0.5) is 0 Å². The molecule has 19 heavy (non-hydrogen) atoms. The number of fused-ring (bicyclic) bond motifs is 1. The Morgan fingerprint density at radius 1 is 1.42 bits per heavy atom. The monoisotopic (exact) mass is 262 g/mol. The van der Waals surface area contributed by atoms with E-state index in [4.69, 9.17) is 15.2 Å². The molecule has 0 unspecified atom stereocenters. The second-order valence-corrected chi connectivity index (χ2v) is 5.02. The minimum atomic E-state index is -0.406. The van der Waals surface area contributed by atoms with Gasteiger partial charge in [-0.15, -0.1) is 0 Å². The number of ether oxygens (including phenoxy) is 2. The van der Waals surface area contributed by atoms with E-state index in [0.29, 0.717) is 12.3 Å². The van der Waals surface area contributed by atoms with Crippen molar-refractivity contribution in [1.82, 2.24) is 5.32 Å². The Hall–Kier alpha value is -2.01. The molecule has 0 spiro atoms. The largest absolute Gasteiger partial charge is 0.454 e. The van der Waals surface area contributed by atoms with Gasteiger partial charge in [0.25, 0.3) is 0 Å². The predicted molar refractivity (Wildman–Crippen MR) is 72.9 cm³/mol. The third kappa shape index (κ3) is 3.48. The summed E-state index contributed by atoms with van der Waals surface area (Å²) in [5.74, 6) is 1.25. The van der Waals surface area contributed by atoms with E-state index in [1.165, 1.54) is 6.08 Å². The summed E-state index contributed by atoms with van der Waals surface area (Å²) in [6.07, 6.45) is 3.21. The fourth-order valence-corrected chi connectivity index (χ4v) is 1.61. The van der Waals surface area contributed by atoms with Gasteiger partial charge < -0.3 is 20.5 Å². The quantitative estimate of drug-likeness (QED) is 0.802. The molecule has 1 aromatic rings. The van der Waals surface area contributed by atoms with E-state index in [2.05, 4.69) is 5.32 Å². The van der Waals surface area contributed by atoms with Gasteiger partial charge in [0.2, 0.25) is 12.7 Å². The summed E-state index contributed by atoms with van der Waals surface area (Å²) < 4.78 is 10.5. The number of nitrogens with two attached hydrogens (primary N) is 1. The average molecular weight is 262 g/mol. The number of nitrogens with one attached hydrogen (secondary N) is 1. The Kier molecular flexibility index (Phi) is 3.76. The molecule has 0 atom stereocenters. The lowest BCUT2D eigenvalue weighted by atomic mass is 10.1. The lowest BCUT2D eigenvalue weighted by Gasteiger charge is -2.23. The van der Waals surface area contributed by atoms with Gasteiger partial charge in [0.1, 0.15) is 0 Å². The van der Waals surface area contributed by atoms with Crippen molar-refractivity contribution in [2.24, 2.45) is 5.73 Å². The highest BCUT2D eigenvalue weighted by Crippen LogP contribution is 2.32. The summed E-state index contributed by atoms with van der Waals surface area (Å²) in [5.41, 5.74) is 6.03. The van der Waals surface area contributed by atoms with E-state index in [1.54, 1.807) is 6.08 Å². The maximum Gasteiger partial charge on any atom is 0.244 e. The molecule has 102 valence electrons. The van der Waals surface area contributed by atoms with E-state index in [1.807, 2.05) is 32.0 Å². The van der Waals surface area contributed by atoms with Crippen LogP contribution in [0.25, 0.3) is 6.08 Å². The third-order valence-corrected chi connectivity index (χ3v) is 2.80. The van der Waals surface area contributed by atoms with Crippen LogP contribution in [0.3, 0.4) is 0 Å². The number of hydrogen-bond donors (Lipinski definition) is 2. The molecule has 1 heterocycles. The Balaban J connectivity index is 2.01. The first-order valence-corrected chi connectivity index (χ1v) is 6.10. The molecule has 0 saturated heterocycles. The van der Waals surface area contributed by atoms with Crippen molar-refractivity contribution in [3.05, 3.63) is 29.8 Å². The number of carbonyl (C=O) groups excluding carboxylic acids is 1. The summed E-state index contributed by atoms with van der Waals surface area (Å²) >= 11 is 0. The molecule has 1 aliphatic heterocycles. The van der Waals surface area contributed by atoms with E-state index in [9.17, 15) is 4.79 Å². The minimum absolute atomic E-state index is 0.173. The molecule has 0 aliphatic carbocycles. The molecule has 0 fully saturated rings. The van der Waals surface area contributed by atoms with E-state index < -0.39 is 5.54 Å². The van der Waals surface area contributed by atoms with Crippen molar-refractivity contribution >= 4 is 12.0 Å². The van der Waals surface area contributed by atoms with Gasteiger partial charge >= 0.3 is 0 Å². The van der Waals surface area contributed by atoms with Crippen LogP contribution in [-0.2, 0) is 4.79 Å². The summed E-state index contributed by atoms with van der Waals surface area (Å²) in [6, 6.07) is 5.52. The van der Waals surface area contributed by atoms with Gasteiger partial charge in [0.15, 0.2) is 11.5 Å². The van der Waals surface area contributed by atoms with Gasteiger partial charge in [0, 0.05) is 18.2 Å². The zero-order chi connectivity index (χ0) is 13.9. The normalized spacial score (nSPS) is 13.8. The maximum absolute atomic E-state index is 11.7. The fourth-order valence-electron chi connectivity index (χ4n) is 1.61. The second-order valence-electron chi connectivity index (χ2n) is 5.02. The van der Waals surface area contributed by atoms with Crippen LogP contribution in [0.5, 0.6) is 11.5 Å². The molecule has 5 heteroatoms. The molecule has 1 aromatic carbocycles. The Morgan fingerprint density at radius 2 is 2.16 bits per heavy atom. The van der Waals surface area contributed by atoms with E-state index >= 15 is 0 Å². The number of carbonyl (C=O) groups is 1. The van der Waals surface area contributed by atoms with Crippen molar-refractivity contribution < 1.29 is 14.3 Å². The number of hydrogen-bond acceptors (Lipinski definition) is 4. The third-order valence-electron chi connectivity index (χ3n) is 2.80. The molecule has 5 nitrogen and oxygen atoms in total. The van der Waals surface area contributed by atoms with Crippen LogP contribution in [0, 0.1) is 0 Å². The molecular formula is C14H18N2O3. The molecule has 3 N–H and O–H groups in total. The number of amides is 1. The molecular weight excluding hydrogens is 244 g/mol. The topological polar surface area (TPSA) is 73.6 Å². The molecule has 2 rings (SSSR count). The van der Waals surface area contributed by atoms with Gasteiger partial charge in [-0.1, -0.05) is 6.07 Å². The maximum atomic E-state index is 11.7. The lowest BCUT2D eigenvalue weighted by Crippen LogP contribution is -2.48. The summed E-state index contributed by atoms with van der Waals surface area (Å²) in [4.78, 5) is 11.7. The first-order chi connectivity index (χ1) is 9.00. The van der Waals surface area contributed by atoms with Crippen molar-refractivity contribution in [2.75, 3.05) is 13.3 Å².